The van der Waals surface area contributed by atoms with Gasteiger partial charge in [-0.2, -0.15) is 0 Å². The van der Waals surface area contributed by atoms with Gasteiger partial charge in [0, 0.05) is 32.5 Å². The molecule has 0 bridgehead atoms. The highest BCUT2D eigenvalue weighted by molar-refractivity contribution is 5.76. The molecule has 4 heteroatoms. The molecule has 0 heterocycles. The second kappa shape index (κ2) is 8.09. The summed E-state index contributed by atoms with van der Waals surface area (Å²) in [7, 11) is 0. The number of nitrogens with one attached hydrogen (secondary N) is 1. The van der Waals surface area contributed by atoms with Gasteiger partial charge in [0.2, 0.25) is 11.8 Å². The highest BCUT2D eigenvalue weighted by atomic mass is 16.2. The number of rotatable bonds is 7. The molecular weight excluding hydrogens is 216 g/mol. The molecule has 0 rings (SSSR count). The quantitative estimate of drug-likeness (QED) is 0.740. The van der Waals surface area contributed by atoms with Gasteiger partial charge in [0.25, 0.3) is 0 Å². The zero-order valence-corrected chi connectivity index (χ0v) is 11.7. The van der Waals surface area contributed by atoms with E-state index in [0.29, 0.717) is 25.4 Å². The summed E-state index contributed by atoms with van der Waals surface area (Å²) < 4.78 is 0. The SMILES string of the molecule is CCC(C)N(CCNC(=O)CC(C)C)C(C)=O. The molecule has 1 unspecified atom stereocenters. The Morgan fingerprint density at radius 3 is 2.24 bits per heavy atom. The van der Waals surface area contributed by atoms with Gasteiger partial charge in [0.15, 0.2) is 0 Å². The fourth-order valence-corrected chi connectivity index (χ4v) is 1.67. The highest BCUT2D eigenvalue weighted by Crippen LogP contribution is 2.03. The maximum atomic E-state index is 11.4. The molecule has 0 aromatic rings. The molecule has 0 spiro atoms. The summed E-state index contributed by atoms with van der Waals surface area (Å²) in [6.45, 7) is 10.8. The van der Waals surface area contributed by atoms with Crippen LogP contribution < -0.4 is 5.32 Å². The lowest BCUT2D eigenvalue weighted by molar-refractivity contribution is -0.131. The van der Waals surface area contributed by atoms with E-state index in [9.17, 15) is 9.59 Å². The molecule has 0 saturated heterocycles. The number of hydrogen-bond acceptors (Lipinski definition) is 2. The van der Waals surface area contributed by atoms with Crippen molar-refractivity contribution in [3.8, 4) is 0 Å². The minimum Gasteiger partial charge on any atom is -0.354 e. The predicted octanol–water partition coefficient (Wildman–Crippen LogP) is 1.80. The molecule has 1 N–H and O–H groups in total. The summed E-state index contributed by atoms with van der Waals surface area (Å²) >= 11 is 0. The molecule has 0 radical (unpaired) electrons. The Morgan fingerprint density at radius 2 is 1.82 bits per heavy atom. The largest absolute Gasteiger partial charge is 0.354 e. The van der Waals surface area contributed by atoms with Crippen molar-refractivity contribution in [2.45, 2.75) is 53.5 Å². The highest BCUT2D eigenvalue weighted by Gasteiger charge is 2.14. The summed E-state index contributed by atoms with van der Waals surface area (Å²) in [5, 5.41) is 2.85. The zero-order valence-electron chi connectivity index (χ0n) is 11.7. The van der Waals surface area contributed by atoms with Crippen LogP contribution in [0.5, 0.6) is 0 Å². The summed E-state index contributed by atoms with van der Waals surface area (Å²) in [6, 6.07) is 0.231. The fourth-order valence-electron chi connectivity index (χ4n) is 1.67. The van der Waals surface area contributed by atoms with Crippen molar-refractivity contribution in [3.63, 3.8) is 0 Å². The molecule has 2 amide bonds. The van der Waals surface area contributed by atoms with E-state index in [1.807, 2.05) is 20.8 Å². The molecule has 4 nitrogen and oxygen atoms in total. The van der Waals surface area contributed by atoms with Crippen LogP contribution in [-0.2, 0) is 9.59 Å². The molecule has 0 fully saturated rings. The van der Waals surface area contributed by atoms with E-state index < -0.39 is 0 Å². The Kier molecular flexibility index (Phi) is 7.59. The smallest absolute Gasteiger partial charge is 0.220 e. The Balaban J connectivity index is 3.98. The lowest BCUT2D eigenvalue weighted by Crippen LogP contribution is -2.42. The first-order chi connectivity index (χ1) is 7.88. The molecular formula is C13H26N2O2. The number of carbonyl (C=O) groups is 2. The van der Waals surface area contributed by atoms with Gasteiger partial charge in [-0.25, -0.2) is 0 Å². The normalized spacial score (nSPS) is 12.4. The van der Waals surface area contributed by atoms with Crippen LogP contribution in [0.3, 0.4) is 0 Å². The molecule has 100 valence electrons. The van der Waals surface area contributed by atoms with Gasteiger partial charge in [-0.05, 0) is 19.3 Å². The van der Waals surface area contributed by atoms with Crippen molar-refractivity contribution in [2.75, 3.05) is 13.1 Å². The Morgan fingerprint density at radius 1 is 1.24 bits per heavy atom. The summed E-state index contributed by atoms with van der Waals surface area (Å²) in [6.07, 6.45) is 1.48. The summed E-state index contributed by atoms with van der Waals surface area (Å²) in [5.41, 5.74) is 0. The van der Waals surface area contributed by atoms with Crippen LogP contribution in [0, 0.1) is 5.92 Å². The predicted molar refractivity (Wildman–Crippen MR) is 69.6 cm³/mol. The third-order valence-electron chi connectivity index (χ3n) is 2.80. The van der Waals surface area contributed by atoms with Gasteiger partial charge in [-0.3, -0.25) is 9.59 Å². The van der Waals surface area contributed by atoms with E-state index in [4.69, 9.17) is 0 Å². The Bertz CT molecular complexity index is 252. The third kappa shape index (κ3) is 6.97. The van der Waals surface area contributed by atoms with Crippen molar-refractivity contribution in [1.29, 1.82) is 0 Å². The second-order valence-corrected chi connectivity index (χ2v) is 4.92. The van der Waals surface area contributed by atoms with Crippen molar-refractivity contribution in [3.05, 3.63) is 0 Å². The first-order valence-electron chi connectivity index (χ1n) is 6.42. The van der Waals surface area contributed by atoms with E-state index in [0.717, 1.165) is 6.42 Å². The minimum absolute atomic E-state index is 0.0626. The van der Waals surface area contributed by atoms with E-state index in [1.54, 1.807) is 11.8 Å². The molecule has 1 atom stereocenters. The van der Waals surface area contributed by atoms with Crippen molar-refractivity contribution < 1.29 is 9.59 Å². The molecule has 0 aliphatic carbocycles. The average molecular weight is 242 g/mol. The van der Waals surface area contributed by atoms with Crippen LogP contribution in [0.25, 0.3) is 0 Å². The maximum Gasteiger partial charge on any atom is 0.220 e. The van der Waals surface area contributed by atoms with Crippen molar-refractivity contribution in [2.24, 2.45) is 5.92 Å². The monoisotopic (exact) mass is 242 g/mol. The van der Waals surface area contributed by atoms with Crippen LogP contribution >= 0.6 is 0 Å². The number of amides is 2. The second-order valence-electron chi connectivity index (χ2n) is 4.92. The van der Waals surface area contributed by atoms with Crippen LogP contribution in [0.1, 0.15) is 47.5 Å². The third-order valence-corrected chi connectivity index (χ3v) is 2.80. The molecule has 0 aliphatic rings. The van der Waals surface area contributed by atoms with Gasteiger partial charge in [-0.15, -0.1) is 0 Å². The minimum atomic E-state index is 0.0626. The van der Waals surface area contributed by atoms with E-state index in [1.165, 1.54) is 0 Å². The van der Waals surface area contributed by atoms with Crippen LogP contribution in [-0.4, -0.2) is 35.8 Å². The van der Waals surface area contributed by atoms with Gasteiger partial charge >= 0.3 is 0 Å². The van der Waals surface area contributed by atoms with Crippen LogP contribution in [0.4, 0.5) is 0 Å². The average Bonchev–Trinajstić information content (AvgIpc) is 2.21. The van der Waals surface area contributed by atoms with Crippen LogP contribution in [0.15, 0.2) is 0 Å². The van der Waals surface area contributed by atoms with E-state index in [2.05, 4.69) is 12.2 Å². The fraction of sp³-hybridized carbons (Fsp3) is 0.846. The van der Waals surface area contributed by atoms with Crippen molar-refractivity contribution in [1.82, 2.24) is 10.2 Å². The Hall–Kier alpha value is -1.06. The molecule has 17 heavy (non-hydrogen) atoms. The number of carbonyl (C=O) groups excluding carboxylic acids is 2. The maximum absolute atomic E-state index is 11.4. The molecule has 0 saturated carbocycles. The Labute approximate surface area is 105 Å². The van der Waals surface area contributed by atoms with Gasteiger partial charge < -0.3 is 10.2 Å². The van der Waals surface area contributed by atoms with E-state index in [-0.39, 0.29) is 17.9 Å². The number of hydrogen-bond donors (Lipinski definition) is 1. The first-order valence-corrected chi connectivity index (χ1v) is 6.42. The van der Waals surface area contributed by atoms with Crippen LogP contribution in [0.2, 0.25) is 0 Å². The molecule has 0 aromatic heterocycles. The van der Waals surface area contributed by atoms with Crippen molar-refractivity contribution >= 4 is 11.8 Å². The number of nitrogens with zero attached hydrogens (tertiary/aromatic N) is 1. The lowest BCUT2D eigenvalue weighted by Gasteiger charge is -2.27. The van der Waals surface area contributed by atoms with Gasteiger partial charge in [0.05, 0.1) is 0 Å². The summed E-state index contributed by atoms with van der Waals surface area (Å²) in [4.78, 5) is 24.6. The lowest BCUT2D eigenvalue weighted by atomic mass is 10.1. The molecule has 0 aliphatic heterocycles. The van der Waals surface area contributed by atoms with E-state index >= 15 is 0 Å². The standard InChI is InChI=1S/C13H26N2O2/c1-6-11(4)15(12(5)16)8-7-14-13(17)9-10(2)3/h10-11H,6-9H2,1-5H3,(H,14,17). The topological polar surface area (TPSA) is 49.4 Å². The first kappa shape index (κ1) is 15.9. The molecule has 0 aromatic carbocycles. The van der Waals surface area contributed by atoms with Gasteiger partial charge in [-0.1, -0.05) is 20.8 Å². The zero-order chi connectivity index (χ0) is 13.4. The summed E-state index contributed by atoms with van der Waals surface area (Å²) in [5.74, 6) is 0.499. The van der Waals surface area contributed by atoms with Gasteiger partial charge in [0.1, 0.15) is 0 Å².